The molecule has 0 aliphatic carbocycles. The van der Waals surface area contributed by atoms with Crippen LogP contribution in [0.15, 0.2) is 28.7 Å². The number of fused-ring (bicyclic) bond motifs is 1. The minimum absolute atomic E-state index is 0.113. The van der Waals surface area contributed by atoms with Crippen LogP contribution in [0.3, 0.4) is 0 Å². The van der Waals surface area contributed by atoms with Crippen molar-refractivity contribution in [1.29, 1.82) is 0 Å². The number of rotatable bonds is 3. The van der Waals surface area contributed by atoms with E-state index in [-0.39, 0.29) is 19.0 Å². The largest absolute Gasteiger partial charge is 0.454 e. The van der Waals surface area contributed by atoms with Crippen LogP contribution < -0.4 is 14.8 Å². The van der Waals surface area contributed by atoms with E-state index in [1.165, 1.54) is 0 Å². The molecule has 1 aliphatic rings. The van der Waals surface area contributed by atoms with E-state index in [0.29, 0.717) is 11.5 Å². The predicted octanol–water partition coefficient (Wildman–Crippen LogP) is 4.21. The van der Waals surface area contributed by atoms with E-state index in [1.54, 1.807) is 12.1 Å². The van der Waals surface area contributed by atoms with Crippen molar-refractivity contribution in [2.45, 2.75) is 6.54 Å². The van der Waals surface area contributed by atoms with Crippen molar-refractivity contribution >= 4 is 21.6 Å². The highest BCUT2D eigenvalue weighted by Crippen LogP contribution is 2.37. The molecule has 0 radical (unpaired) electrons. The SMILES string of the molecule is Fc1ccc(NCc2cc3c(cc2Br)OCO3)c(F)c1F. The van der Waals surface area contributed by atoms with E-state index >= 15 is 0 Å². The van der Waals surface area contributed by atoms with Crippen LogP contribution >= 0.6 is 15.9 Å². The topological polar surface area (TPSA) is 30.5 Å². The Hall–Kier alpha value is -1.89. The first kappa shape index (κ1) is 14.1. The maximum Gasteiger partial charge on any atom is 0.231 e. The minimum atomic E-state index is -1.50. The van der Waals surface area contributed by atoms with Gasteiger partial charge < -0.3 is 14.8 Å². The summed E-state index contributed by atoms with van der Waals surface area (Å²) in [5.74, 6) is -2.76. The highest BCUT2D eigenvalue weighted by Gasteiger charge is 2.17. The highest BCUT2D eigenvalue weighted by atomic mass is 79.9. The van der Waals surface area contributed by atoms with E-state index in [4.69, 9.17) is 9.47 Å². The lowest BCUT2D eigenvalue weighted by Crippen LogP contribution is -2.04. The maximum atomic E-state index is 13.6. The second kappa shape index (κ2) is 5.48. The summed E-state index contributed by atoms with van der Waals surface area (Å²) < 4.78 is 50.8. The molecule has 3 nitrogen and oxygen atoms in total. The Morgan fingerprint density at radius 1 is 1.05 bits per heavy atom. The average Bonchev–Trinajstić information content (AvgIpc) is 2.91. The van der Waals surface area contributed by atoms with Gasteiger partial charge in [0.25, 0.3) is 0 Å². The van der Waals surface area contributed by atoms with Crippen LogP contribution in [0.1, 0.15) is 5.56 Å². The molecule has 0 unspecified atom stereocenters. The highest BCUT2D eigenvalue weighted by molar-refractivity contribution is 9.10. The van der Waals surface area contributed by atoms with E-state index in [1.807, 2.05) is 0 Å². The molecule has 21 heavy (non-hydrogen) atoms. The molecule has 0 amide bonds. The van der Waals surface area contributed by atoms with Gasteiger partial charge in [-0.05, 0) is 29.8 Å². The summed E-state index contributed by atoms with van der Waals surface area (Å²) in [6.45, 7) is 0.357. The fourth-order valence-electron chi connectivity index (χ4n) is 1.95. The van der Waals surface area contributed by atoms with Gasteiger partial charge in [0.15, 0.2) is 29.0 Å². The van der Waals surface area contributed by atoms with Crippen molar-refractivity contribution in [3.63, 3.8) is 0 Å². The van der Waals surface area contributed by atoms with E-state index in [9.17, 15) is 13.2 Å². The maximum absolute atomic E-state index is 13.6. The first-order valence-corrected chi connectivity index (χ1v) is 6.81. The summed E-state index contributed by atoms with van der Waals surface area (Å²) in [5.41, 5.74) is 0.654. The van der Waals surface area contributed by atoms with Crippen molar-refractivity contribution in [2.75, 3.05) is 12.1 Å². The zero-order chi connectivity index (χ0) is 15.0. The Balaban J connectivity index is 1.81. The van der Waals surface area contributed by atoms with Crippen LogP contribution in [0.4, 0.5) is 18.9 Å². The monoisotopic (exact) mass is 359 g/mol. The molecule has 0 saturated carbocycles. The van der Waals surface area contributed by atoms with Gasteiger partial charge in [0.1, 0.15) is 0 Å². The van der Waals surface area contributed by atoms with Gasteiger partial charge in [0.05, 0.1) is 5.69 Å². The Morgan fingerprint density at radius 3 is 2.52 bits per heavy atom. The molecule has 0 aromatic heterocycles. The third-order valence-corrected chi connectivity index (χ3v) is 3.78. The zero-order valence-electron chi connectivity index (χ0n) is 10.6. The lowest BCUT2D eigenvalue weighted by atomic mass is 10.2. The second-order valence-electron chi connectivity index (χ2n) is 4.37. The molecular weight excluding hydrogens is 351 g/mol. The summed E-state index contributed by atoms with van der Waals surface area (Å²) in [7, 11) is 0. The van der Waals surface area contributed by atoms with Crippen molar-refractivity contribution in [3.05, 3.63) is 51.8 Å². The van der Waals surface area contributed by atoms with Gasteiger partial charge in [-0.3, -0.25) is 0 Å². The molecule has 0 spiro atoms. The molecule has 3 rings (SSSR count). The van der Waals surface area contributed by atoms with Gasteiger partial charge in [0.2, 0.25) is 6.79 Å². The van der Waals surface area contributed by atoms with Gasteiger partial charge in [-0.25, -0.2) is 13.2 Å². The standard InChI is InChI=1S/C14H9BrF3NO2/c15-8-4-12-11(20-6-21-12)3-7(8)5-19-10-2-1-9(16)13(17)14(10)18/h1-4,19H,5-6H2. The normalized spacial score (nSPS) is 12.6. The number of ether oxygens (including phenoxy) is 2. The molecule has 7 heteroatoms. The van der Waals surface area contributed by atoms with E-state index in [0.717, 1.165) is 22.2 Å². The molecule has 1 N–H and O–H groups in total. The minimum Gasteiger partial charge on any atom is -0.454 e. The number of hydrogen-bond acceptors (Lipinski definition) is 3. The van der Waals surface area contributed by atoms with Crippen LogP contribution in [-0.2, 0) is 6.54 Å². The number of hydrogen-bond donors (Lipinski definition) is 1. The summed E-state index contributed by atoms with van der Waals surface area (Å²) in [6, 6.07) is 5.49. The Labute approximate surface area is 126 Å². The van der Waals surface area contributed by atoms with Crippen molar-refractivity contribution < 1.29 is 22.6 Å². The molecule has 2 aromatic rings. The molecule has 0 saturated heterocycles. The number of anilines is 1. The van der Waals surface area contributed by atoms with Crippen LogP contribution in [0.2, 0.25) is 0 Å². The van der Waals surface area contributed by atoms with Gasteiger partial charge in [-0.15, -0.1) is 0 Å². The second-order valence-corrected chi connectivity index (χ2v) is 5.23. The summed E-state index contributed by atoms with van der Waals surface area (Å²) in [4.78, 5) is 0. The van der Waals surface area contributed by atoms with E-state index < -0.39 is 17.5 Å². The zero-order valence-corrected chi connectivity index (χ0v) is 12.1. The molecule has 1 aliphatic heterocycles. The van der Waals surface area contributed by atoms with Gasteiger partial charge in [0, 0.05) is 11.0 Å². The Kier molecular flexibility index (Phi) is 3.67. The average molecular weight is 360 g/mol. The van der Waals surface area contributed by atoms with Crippen LogP contribution in [0.5, 0.6) is 11.5 Å². The fraction of sp³-hybridized carbons (Fsp3) is 0.143. The van der Waals surface area contributed by atoms with Crippen molar-refractivity contribution in [3.8, 4) is 11.5 Å². The molecule has 1 heterocycles. The van der Waals surface area contributed by atoms with Crippen LogP contribution in [-0.4, -0.2) is 6.79 Å². The lowest BCUT2D eigenvalue weighted by molar-refractivity contribution is 0.174. The fourth-order valence-corrected chi connectivity index (χ4v) is 2.41. The van der Waals surface area contributed by atoms with Gasteiger partial charge >= 0.3 is 0 Å². The molecule has 0 bridgehead atoms. The molecule has 2 aromatic carbocycles. The van der Waals surface area contributed by atoms with Gasteiger partial charge in [-0.2, -0.15) is 0 Å². The molecular formula is C14H9BrF3NO2. The van der Waals surface area contributed by atoms with Crippen molar-refractivity contribution in [1.82, 2.24) is 0 Å². The third kappa shape index (κ3) is 2.65. The lowest BCUT2D eigenvalue weighted by Gasteiger charge is -2.10. The Bertz CT molecular complexity index is 709. The Morgan fingerprint density at radius 2 is 1.76 bits per heavy atom. The van der Waals surface area contributed by atoms with Gasteiger partial charge in [-0.1, -0.05) is 15.9 Å². The van der Waals surface area contributed by atoms with Crippen molar-refractivity contribution in [2.24, 2.45) is 0 Å². The first-order valence-electron chi connectivity index (χ1n) is 6.01. The first-order chi connectivity index (χ1) is 10.1. The number of nitrogens with one attached hydrogen (secondary N) is 1. The quantitative estimate of drug-likeness (QED) is 0.832. The molecule has 0 atom stereocenters. The van der Waals surface area contributed by atoms with E-state index in [2.05, 4.69) is 21.2 Å². The number of benzene rings is 2. The summed E-state index contributed by atoms with van der Waals surface area (Å²) in [5, 5.41) is 2.72. The predicted molar refractivity (Wildman–Crippen MR) is 73.9 cm³/mol. The third-order valence-electron chi connectivity index (χ3n) is 3.05. The summed E-state index contributed by atoms with van der Waals surface area (Å²) in [6.07, 6.45) is 0. The van der Waals surface area contributed by atoms with Crippen LogP contribution in [0, 0.1) is 17.5 Å². The summed E-state index contributed by atoms with van der Waals surface area (Å²) >= 11 is 3.36. The number of halogens is 4. The molecule has 0 fully saturated rings. The smallest absolute Gasteiger partial charge is 0.231 e. The van der Waals surface area contributed by atoms with Crippen LogP contribution in [0.25, 0.3) is 0 Å². The molecule has 110 valence electrons.